The van der Waals surface area contributed by atoms with Gasteiger partial charge in [-0.05, 0) is 78.9 Å². The molecule has 6 rings (SSSR count). The summed E-state index contributed by atoms with van der Waals surface area (Å²) >= 11 is 5.82. The summed E-state index contributed by atoms with van der Waals surface area (Å²) in [4.78, 5) is 17.4. The van der Waals surface area contributed by atoms with E-state index in [0.717, 1.165) is 17.1 Å². The molecule has 0 aliphatic carbocycles. The van der Waals surface area contributed by atoms with Gasteiger partial charge in [-0.3, -0.25) is 15.1 Å². The van der Waals surface area contributed by atoms with E-state index in [0.29, 0.717) is 33.7 Å². The minimum absolute atomic E-state index is 0.0659. The van der Waals surface area contributed by atoms with Crippen LogP contribution >= 0.6 is 12.2 Å². The van der Waals surface area contributed by atoms with Crippen molar-refractivity contribution < 1.29 is 18.8 Å². The fraction of sp³-hybridized carbons (Fsp3) is 0.0968. The molecule has 3 heterocycles. The minimum Gasteiger partial charge on any atom is -0.496 e. The van der Waals surface area contributed by atoms with Gasteiger partial charge in [-0.25, -0.2) is 0 Å². The summed E-state index contributed by atoms with van der Waals surface area (Å²) in [5.41, 5.74) is 2.18. The van der Waals surface area contributed by atoms with Crippen molar-refractivity contribution in [3.05, 3.63) is 131 Å². The van der Waals surface area contributed by atoms with Crippen LogP contribution < -0.4 is 19.7 Å². The zero-order valence-corrected chi connectivity index (χ0v) is 22.7. The van der Waals surface area contributed by atoms with Crippen LogP contribution in [0.5, 0.6) is 17.2 Å². The lowest BCUT2D eigenvalue weighted by molar-refractivity contribution is -0.384. The number of aromatic nitrogens is 1. The average molecular weight is 565 g/mol. The molecule has 1 N–H and O–H groups in total. The molecule has 5 aromatic rings. The van der Waals surface area contributed by atoms with E-state index < -0.39 is 4.92 Å². The first-order valence-corrected chi connectivity index (χ1v) is 13.2. The van der Waals surface area contributed by atoms with E-state index in [-0.39, 0.29) is 17.8 Å². The van der Waals surface area contributed by atoms with Gasteiger partial charge in [0.05, 0.1) is 35.4 Å². The summed E-state index contributed by atoms with van der Waals surface area (Å²) in [6.45, 7) is 0. The van der Waals surface area contributed by atoms with Crippen molar-refractivity contribution in [1.82, 2.24) is 10.3 Å². The van der Waals surface area contributed by atoms with Crippen molar-refractivity contribution in [2.24, 2.45) is 0 Å². The lowest BCUT2D eigenvalue weighted by Crippen LogP contribution is -2.29. The molecule has 0 spiro atoms. The lowest BCUT2D eigenvalue weighted by atomic mass is 10.0. The van der Waals surface area contributed by atoms with Crippen LogP contribution in [0.15, 0.2) is 114 Å². The summed E-state index contributed by atoms with van der Waals surface area (Å²) < 4.78 is 17.8. The van der Waals surface area contributed by atoms with Gasteiger partial charge >= 0.3 is 0 Å². The molecule has 0 amide bonds. The monoisotopic (exact) mass is 564 g/mol. The first-order chi connectivity index (χ1) is 20.0. The highest BCUT2D eigenvalue weighted by molar-refractivity contribution is 7.80. The number of nitrogens with one attached hydrogen (secondary N) is 1. The molecule has 0 radical (unpaired) electrons. The number of hydrogen-bond acceptors (Lipinski definition) is 7. The van der Waals surface area contributed by atoms with Crippen molar-refractivity contribution in [3.63, 3.8) is 0 Å². The molecule has 1 fully saturated rings. The number of non-ortho nitro benzene ring substituents is 1. The molecule has 9 nitrogen and oxygen atoms in total. The normalized spacial score (nSPS) is 16.3. The van der Waals surface area contributed by atoms with Crippen molar-refractivity contribution >= 4 is 28.7 Å². The number of pyridine rings is 1. The third-order valence-electron chi connectivity index (χ3n) is 6.77. The number of ether oxygens (including phenoxy) is 2. The quantitative estimate of drug-likeness (QED) is 0.119. The summed E-state index contributed by atoms with van der Waals surface area (Å²) in [5, 5.41) is 15.2. The van der Waals surface area contributed by atoms with E-state index in [2.05, 4.69) is 10.3 Å². The largest absolute Gasteiger partial charge is 0.496 e. The second kappa shape index (κ2) is 11.1. The van der Waals surface area contributed by atoms with Crippen LogP contribution in [0.25, 0.3) is 11.3 Å². The fourth-order valence-electron chi connectivity index (χ4n) is 4.87. The Morgan fingerprint density at radius 1 is 0.951 bits per heavy atom. The Balaban J connectivity index is 1.37. The van der Waals surface area contributed by atoms with Crippen LogP contribution in [0.2, 0.25) is 0 Å². The summed E-state index contributed by atoms with van der Waals surface area (Å²) in [6.07, 6.45) is 1.74. The number of furan rings is 1. The fourth-order valence-corrected chi connectivity index (χ4v) is 5.22. The first kappa shape index (κ1) is 26.0. The van der Waals surface area contributed by atoms with E-state index >= 15 is 0 Å². The number of anilines is 1. The second-order valence-corrected chi connectivity index (χ2v) is 9.64. The van der Waals surface area contributed by atoms with Crippen LogP contribution in [0.3, 0.4) is 0 Å². The van der Waals surface area contributed by atoms with E-state index in [9.17, 15) is 10.1 Å². The topological polar surface area (TPSA) is 103 Å². The SMILES string of the molecule is COc1cc([N+](=O)[O-])ccc1-c1ccc([C@H]2[C@@H](c3ccccn3)NC(=S)N2c2ccc(Oc3ccccc3)cc2)o1. The Labute approximate surface area is 241 Å². The Bertz CT molecular complexity index is 1690. The number of nitrogens with zero attached hydrogens (tertiary/aromatic N) is 3. The molecule has 1 aliphatic rings. The van der Waals surface area contributed by atoms with Gasteiger partial charge < -0.3 is 24.1 Å². The van der Waals surface area contributed by atoms with Gasteiger partial charge in [0.2, 0.25) is 0 Å². The average Bonchev–Trinajstić information content (AvgIpc) is 3.63. The Hall–Kier alpha value is -5.22. The molecule has 0 bridgehead atoms. The van der Waals surface area contributed by atoms with Crippen LogP contribution in [0, 0.1) is 10.1 Å². The predicted octanol–water partition coefficient (Wildman–Crippen LogP) is 7.23. The Morgan fingerprint density at radius 3 is 2.41 bits per heavy atom. The zero-order valence-electron chi connectivity index (χ0n) is 21.8. The van der Waals surface area contributed by atoms with Gasteiger partial charge in [-0.1, -0.05) is 24.3 Å². The van der Waals surface area contributed by atoms with E-state index in [1.807, 2.05) is 89.8 Å². The highest BCUT2D eigenvalue weighted by Gasteiger charge is 2.42. The smallest absolute Gasteiger partial charge is 0.273 e. The lowest BCUT2D eigenvalue weighted by Gasteiger charge is -2.26. The van der Waals surface area contributed by atoms with Gasteiger partial charge in [0.15, 0.2) is 5.11 Å². The van der Waals surface area contributed by atoms with E-state index in [4.69, 9.17) is 26.1 Å². The number of nitro groups is 1. The maximum Gasteiger partial charge on any atom is 0.273 e. The highest BCUT2D eigenvalue weighted by atomic mass is 32.1. The van der Waals surface area contributed by atoms with Crippen molar-refractivity contribution in [1.29, 1.82) is 0 Å². The van der Waals surface area contributed by atoms with E-state index in [1.165, 1.54) is 19.2 Å². The minimum atomic E-state index is -0.462. The standard InChI is InChI=1S/C31H24N4O5S/c1-38-28-19-21(35(36)37)12-15-24(28)26-16-17-27(40-26)30-29(25-9-5-6-18-32-25)33-31(41)34(30)20-10-13-23(14-11-20)39-22-7-3-2-4-8-22/h2-19,29-30H,1H3,(H,33,41)/t29-,30+/m1/s1. The molecule has 2 aromatic heterocycles. The third kappa shape index (κ3) is 5.20. The van der Waals surface area contributed by atoms with Crippen molar-refractivity contribution in [2.45, 2.75) is 12.1 Å². The number of benzene rings is 3. The molecule has 0 unspecified atom stereocenters. The molecule has 0 saturated carbocycles. The maximum absolute atomic E-state index is 11.3. The molecular weight excluding hydrogens is 540 g/mol. The molecule has 1 saturated heterocycles. The molecule has 3 aromatic carbocycles. The molecule has 2 atom stereocenters. The summed E-state index contributed by atoms with van der Waals surface area (Å²) in [7, 11) is 1.47. The van der Waals surface area contributed by atoms with Crippen LogP contribution in [-0.2, 0) is 0 Å². The maximum atomic E-state index is 11.3. The van der Waals surface area contributed by atoms with Gasteiger partial charge in [0.25, 0.3) is 5.69 Å². The van der Waals surface area contributed by atoms with Crippen molar-refractivity contribution in [2.75, 3.05) is 12.0 Å². The van der Waals surface area contributed by atoms with Crippen LogP contribution in [0.1, 0.15) is 23.5 Å². The molecule has 10 heteroatoms. The van der Waals surface area contributed by atoms with Gasteiger partial charge in [0.1, 0.15) is 34.8 Å². The van der Waals surface area contributed by atoms with Gasteiger partial charge in [0, 0.05) is 18.0 Å². The van der Waals surface area contributed by atoms with Gasteiger partial charge in [-0.2, -0.15) is 0 Å². The Morgan fingerprint density at radius 2 is 1.71 bits per heavy atom. The van der Waals surface area contributed by atoms with Gasteiger partial charge in [-0.15, -0.1) is 0 Å². The molecule has 204 valence electrons. The third-order valence-corrected chi connectivity index (χ3v) is 7.09. The summed E-state index contributed by atoms with van der Waals surface area (Å²) in [5.74, 6) is 2.93. The first-order valence-electron chi connectivity index (χ1n) is 12.8. The number of methoxy groups -OCH3 is 1. The Kier molecular flexibility index (Phi) is 7.05. The number of nitro benzene ring substituents is 1. The van der Waals surface area contributed by atoms with E-state index in [1.54, 1.807) is 12.3 Å². The molecular formula is C31H24N4O5S. The van der Waals surface area contributed by atoms with Crippen LogP contribution in [-0.4, -0.2) is 22.1 Å². The molecule has 1 aliphatic heterocycles. The number of para-hydroxylation sites is 1. The predicted molar refractivity (Wildman–Crippen MR) is 158 cm³/mol. The zero-order chi connectivity index (χ0) is 28.3. The number of hydrogen-bond donors (Lipinski definition) is 1. The molecule has 41 heavy (non-hydrogen) atoms. The number of thiocarbonyl (C=S) groups is 1. The van der Waals surface area contributed by atoms with Crippen molar-refractivity contribution in [3.8, 4) is 28.6 Å². The highest BCUT2D eigenvalue weighted by Crippen LogP contribution is 2.44. The summed E-state index contributed by atoms with van der Waals surface area (Å²) in [6, 6.07) is 30.4. The second-order valence-electron chi connectivity index (χ2n) is 9.25. The number of rotatable bonds is 8. The van der Waals surface area contributed by atoms with Crippen LogP contribution in [0.4, 0.5) is 11.4 Å².